The largest absolute Gasteiger partial charge is 0.393 e. The van der Waals surface area contributed by atoms with Crippen LogP contribution in [0.4, 0.5) is 0 Å². The van der Waals surface area contributed by atoms with Crippen LogP contribution in [0.3, 0.4) is 0 Å². The van der Waals surface area contributed by atoms with Gasteiger partial charge in [0.2, 0.25) is 0 Å². The lowest BCUT2D eigenvalue weighted by molar-refractivity contribution is 0.152. The van der Waals surface area contributed by atoms with Crippen LogP contribution in [0, 0.1) is 5.92 Å². The molecule has 0 aliphatic heterocycles. The van der Waals surface area contributed by atoms with Gasteiger partial charge in [0.15, 0.2) is 0 Å². The molecule has 10 heavy (non-hydrogen) atoms. The van der Waals surface area contributed by atoms with Gasteiger partial charge in [0.25, 0.3) is 0 Å². The fourth-order valence-electron chi connectivity index (χ4n) is 1.14. The predicted molar refractivity (Wildman–Crippen MR) is 42.8 cm³/mol. The zero-order valence-electron chi connectivity index (χ0n) is 7.02. The van der Waals surface area contributed by atoms with E-state index in [0.29, 0.717) is 5.92 Å². The van der Waals surface area contributed by atoms with Crippen molar-refractivity contribution in [2.24, 2.45) is 5.92 Å². The highest BCUT2D eigenvalue weighted by atomic mass is 16.3. The van der Waals surface area contributed by atoms with Gasteiger partial charge >= 0.3 is 0 Å². The molecule has 1 fully saturated rings. The number of aliphatic hydroxyl groups excluding tert-OH is 1. The van der Waals surface area contributed by atoms with Crippen molar-refractivity contribution in [3.05, 3.63) is 11.1 Å². The van der Waals surface area contributed by atoms with Gasteiger partial charge in [-0.15, -0.1) is 0 Å². The maximum Gasteiger partial charge on any atom is 0.0574 e. The van der Waals surface area contributed by atoms with E-state index in [2.05, 4.69) is 13.8 Å². The Labute approximate surface area is 62.8 Å². The van der Waals surface area contributed by atoms with Gasteiger partial charge in [-0.05, 0) is 26.7 Å². The van der Waals surface area contributed by atoms with Crippen molar-refractivity contribution >= 4 is 0 Å². The van der Waals surface area contributed by atoms with E-state index in [4.69, 9.17) is 0 Å². The first-order valence-electron chi connectivity index (χ1n) is 3.99. The number of rotatable bonds is 2. The second-order valence-corrected chi connectivity index (χ2v) is 3.32. The normalized spacial score (nSPS) is 22.2. The highest BCUT2D eigenvalue weighted by Gasteiger charge is 2.20. The molecule has 1 saturated carbocycles. The van der Waals surface area contributed by atoms with E-state index in [0.717, 1.165) is 0 Å². The van der Waals surface area contributed by atoms with Gasteiger partial charge in [0.05, 0.1) is 6.10 Å². The van der Waals surface area contributed by atoms with Crippen molar-refractivity contribution in [1.29, 1.82) is 0 Å². The van der Waals surface area contributed by atoms with Crippen molar-refractivity contribution in [3.8, 4) is 0 Å². The zero-order chi connectivity index (χ0) is 7.72. The van der Waals surface area contributed by atoms with Gasteiger partial charge in [-0.3, -0.25) is 0 Å². The molecule has 0 saturated heterocycles. The maximum atomic E-state index is 9.23. The Morgan fingerprint density at radius 3 is 2.20 bits per heavy atom. The second-order valence-electron chi connectivity index (χ2n) is 3.32. The van der Waals surface area contributed by atoms with Gasteiger partial charge in [-0.1, -0.05) is 18.1 Å². The Balaban J connectivity index is 2.56. The van der Waals surface area contributed by atoms with E-state index in [1.807, 2.05) is 6.92 Å². The summed E-state index contributed by atoms with van der Waals surface area (Å²) in [6.07, 6.45) is 2.35. The average molecular weight is 140 g/mol. The Kier molecular flexibility index (Phi) is 2.14. The lowest BCUT2D eigenvalue weighted by atomic mass is 9.97. The summed E-state index contributed by atoms with van der Waals surface area (Å²) in [6, 6.07) is 0. The lowest BCUT2D eigenvalue weighted by Gasteiger charge is -2.14. The monoisotopic (exact) mass is 140 g/mol. The van der Waals surface area contributed by atoms with Crippen LogP contribution in [0.5, 0.6) is 0 Å². The minimum atomic E-state index is -0.187. The number of hydrogen-bond donors (Lipinski definition) is 1. The standard InChI is InChI=1S/C9H16O/c1-6(8(3)10)7(2)9-4-5-9/h6,8,10H,4-5H2,1-3H3. The summed E-state index contributed by atoms with van der Waals surface area (Å²) in [7, 11) is 0. The molecule has 0 heterocycles. The molecule has 0 spiro atoms. The Morgan fingerprint density at radius 2 is 1.90 bits per heavy atom. The molecule has 58 valence electrons. The molecule has 1 aliphatic carbocycles. The van der Waals surface area contributed by atoms with Gasteiger partial charge in [-0.25, -0.2) is 0 Å². The molecule has 1 nitrogen and oxygen atoms in total. The van der Waals surface area contributed by atoms with Crippen LogP contribution in [-0.2, 0) is 0 Å². The quantitative estimate of drug-likeness (QED) is 0.582. The lowest BCUT2D eigenvalue weighted by Crippen LogP contribution is -2.13. The molecule has 1 N–H and O–H groups in total. The van der Waals surface area contributed by atoms with Crippen LogP contribution in [0.25, 0.3) is 0 Å². The summed E-state index contributed by atoms with van der Waals surface area (Å²) in [4.78, 5) is 0. The molecule has 0 amide bonds. The Bertz CT molecular complexity index is 150. The summed E-state index contributed by atoms with van der Waals surface area (Å²) in [6.45, 7) is 6.09. The first-order valence-corrected chi connectivity index (χ1v) is 3.99. The fourth-order valence-corrected chi connectivity index (χ4v) is 1.14. The number of allylic oxidation sites excluding steroid dienone is 1. The molecule has 0 aromatic carbocycles. The third-order valence-electron chi connectivity index (χ3n) is 2.46. The van der Waals surface area contributed by atoms with E-state index in [1.54, 1.807) is 5.57 Å². The molecule has 1 heteroatoms. The molecule has 0 aromatic rings. The number of aliphatic hydroxyl groups is 1. The Morgan fingerprint density at radius 1 is 1.40 bits per heavy atom. The van der Waals surface area contributed by atoms with Gasteiger partial charge in [0.1, 0.15) is 0 Å². The highest BCUT2D eigenvalue weighted by Crippen LogP contribution is 2.35. The SMILES string of the molecule is CC(=C1CC1)C(C)C(C)O. The van der Waals surface area contributed by atoms with Gasteiger partial charge in [0, 0.05) is 5.92 Å². The van der Waals surface area contributed by atoms with Crippen LogP contribution in [0.15, 0.2) is 11.1 Å². The van der Waals surface area contributed by atoms with Crippen molar-refractivity contribution < 1.29 is 5.11 Å². The summed E-state index contributed by atoms with van der Waals surface area (Å²) in [5, 5.41) is 9.23. The molecule has 0 bridgehead atoms. The molecular weight excluding hydrogens is 124 g/mol. The molecule has 1 aliphatic rings. The topological polar surface area (TPSA) is 20.2 Å². The molecule has 2 atom stereocenters. The minimum Gasteiger partial charge on any atom is -0.393 e. The minimum absolute atomic E-state index is 0.187. The first-order chi connectivity index (χ1) is 4.63. The summed E-state index contributed by atoms with van der Waals surface area (Å²) in [5.74, 6) is 0.359. The molecular formula is C9H16O. The zero-order valence-corrected chi connectivity index (χ0v) is 7.02. The maximum absolute atomic E-state index is 9.23. The summed E-state index contributed by atoms with van der Waals surface area (Å²) >= 11 is 0. The summed E-state index contributed by atoms with van der Waals surface area (Å²) < 4.78 is 0. The highest BCUT2D eigenvalue weighted by molar-refractivity contribution is 5.25. The van der Waals surface area contributed by atoms with E-state index < -0.39 is 0 Å². The summed E-state index contributed by atoms with van der Waals surface area (Å²) in [5.41, 5.74) is 2.98. The molecule has 2 unspecified atom stereocenters. The second kappa shape index (κ2) is 2.75. The molecule has 1 rings (SSSR count). The average Bonchev–Trinajstić information content (AvgIpc) is 2.65. The van der Waals surface area contributed by atoms with Crippen molar-refractivity contribution in [1.82, 2.24) is 0 Å². The van der Waals surface area contributed by atoms with E-state index in [1.165, 1.54) is 18.4 Å². The van der Waals surface area contributed by atoms with Gasteiger partial charge in [-0.2, -0.15) is 0 Å². The van der Waals surface area contributed by atoms with E-state index in [-0.39, 0.29) is 6.10 Å². The van der Waals surface area contributed by atoms with Crippen LogP contribution >= 0.6 is 0 Å². The molecule has 0 aromatic heterocycles. The van der Waals surface area contributed by atoms with Crippen LogP contribution in [0.2, 0.25) is 0 Å². The van der Waals surface area contributed by atoms with Crippen LogP contribution < -0.4 is 0 Å². The van der Waals surface area contributed by atoms with Crippen molar-refractivity contribution in [2.75, 3.05) is 0 Å². The fraction of sp³-hybridized carbons (Fsp3) is 0.778. The van der Waals surface area contributed by atoms with Crippen LogP contribution in [-0.4, -0.2) is 11.2 Å². The van der Waals surface area contributed by atoms with E-state index >= 15 is 0 Å². The number of hydrogen-bond acceptors (Lipinski definition) is 1. The third-order valence-corrected chi connectivity index (χ3v) is 2.46. The van der Waals surface area contributed by atoms with E-state index in [9.17, 15) is 5.11 Å². The first kappa shape index (κ1) is 7.80. The van der Waals surface area contributed by atoms with Crippen molar-refractivity contribution in [2.45, 2.75) is 39.7 Å². The predicted octanol–water partition coefficient (Wildman–Crippen LogP) is 2.11. The van der Waals surface area contributed by atoms with Crippen LogP contribution in [0.1, 0.15) is 33.6 Å². The molecule has 0 radical (unpaired) electrons. The Hall–Kier alpha value is -0.300. The van der Waals surface area contributed by atoms with Crippen molar-refractivity contribution in [3.63, 3.8) is 0 Å². The smallest absolute Gasteiger partial charge is 0.0574 e. The third kappa shape index (κ3) is 1.60. The van der Waals surface area contributed by atoms with Gasteiger partial charge < -0.3 is 5.11 Å².